The van der Waals surface area contributed by atoms with Crippen LogP contribution in [-0.4, -0.2) is 41.3 Å². The number of hydrogen-bond acceptors (Lipinski definition) is 3. The summed E-state index contributed by atoms with van der Waals surface area (Å²) >= 11 is 0. The van der Waals surface area contributed by atoms with E-state index in [1.165, 1.54) is 38.5 Å². The van der Waals surface area contributed by atoms with Gasteiger partial charge < -0.3 is 10.8 Å². The number of hydrogen-bond donors (Lipinski definition) is 2. The van der Waals surface area contributed by atoms with Crippen LogP contribution in [0.15, 0.2) is 0 Å². The maximum absolute atomic E-state index is 10.2. The first-order valence-corrected chi connectivity index (χ1v) is 7.36. The second-order valence-electron chi connectivity index (χ2n) is 6.01. The Morgan fingerprint density at radius 2 is 1.71 bits per heavy atom. The summed E-state index contributed by atoms with van der Waals surface area (Å²) in [5, 5.41) is 10.2. The van der Waals surface area contributed by atoms with Crippen LogP contribution in [-0.2, 0) is 0 Å². The molecule has 2 aliphatic rings. The largest absolute Gasteiger partial charge is 0.391 e. The standard InChI is InChI=1S/C14H28N2O/c1-11(15)12-7-9-16(10-8-12)13-5-3-2-4-6-14(13)17/h11-14,17H,2-10,15H2,1H3. The van der Waals surface area contributed by atoms with E-state index in [-0.39, 0.29) is 6.10 Å². The van der Waals surface area contributed by atoms with Crippen LogP contribution in [0, 0.1) is 5.92 Å². The molecule has 100 valence electrons. The Balaban J connectivity index is 1.86. The lowest BCUT2D eigenvalue weighted by molar-refractivity contribution is 0.0233. The molecule has 3 nitrogen and oxygen atoms in total. The van der Waals surface area contributed by atoms with E-state index in [9.17, 15) is 5.11 Å². The van der Waals surface area contributed by atoms with Crippen LogP contribution >= 0.6 is 0 Å². The normalized spacial score (nSPS) is 35.5. The second-order valence-corrected chi connectivity index (χ2v) is 6.01. The van der Waals surface area contributed by atoms with Gasteiger partial charge in [0.25, 0.3) is 0 Å². The molecule has 0 amide bonds. The van der Waals surface area contributed by atoms with Crippen molar-refractivity contribution in [2.45, 2.75) is 70.1 Å². The summed E-state index contributed by atoms with van der Waals surface area (Å²) in [5.74, 6) is 0.689. The van der Waals surface area contributed by atoms with E-state index in [0.717, 1.165) is 19.5 Å². The van der Waals surface area contributed by atoms with Gasteiger partial charge in [-0.15, -0.1) is 0 Å². The first-order valence-electron chi connectivity index (χ1n) is 7.36. The third-order valence-corrected chi connectivity index (χ3v) is 4.73. The molecule has 3 heteroatoms. The molecule has 0 aromatic carbocycles. The maximum atomic E-state index is 10.2. The Kier molecular flexibility index (Phi) is 4.83. The van der Waals surface area contributed by atoms with Crippen molar-refractivity contribution in [2.75, 3.05) is 13.1 Å². The molecule has 17 heavy (non-hydrogen) atoms. The number of nitrogens with zero attached hydrogens (tertiary/aromatic N) is 1. The molecule has 0 radical (unpaired) electrons. The molecule has 1 aliphatic heterocycles. The summed E-state index contributed by atoms with van der Waals surface area (Å²) in [6.45, 7) is 4.39. The summed E-state index contributed by atoms with van der Waals surface area (Å²) < 4.78 is 0. The van der Waals surface area contributed by atoms with Crippen LogP contribution in [0.3, 0.4) is 0 Å². The molecule has 3 N–H and O–H groups in total. The smallest absolute Gasteiger partial charge is 0.0695 e. The van der Waals surface area contributed by atoms with E-state index in [1.54, 1.807) is 0 Å². The van der Waals surface area contributed by atoms with Gasteiger partial charge in [0.05, 0.1) is 6.10 Å². The van der Waals surface area contributed by atoms with Gasteiger partial charge >= 0.3 is 0 Å². The van der Waals surface area contributed by atoms with Gasteiger partial charge in [-0.2, -0.15) is 0 Å². The van der Waals surface area contributed by atoms with Crippen molar-refractivity contribution in [3.05, 3.63) is 0 Å². The molecule has 0 bridgehead atoms. The number of nitrogens with two attached hydrogens (primary N) is 1. The highest BCUT2D eigenvalue weighted by Gasteiger charge is 2.31. The molecular weight excluding hydrogens is 212 g/mol. The molecule has 3 unspecified atom stereocenters. The molecule has 0 spiro atoms. The van der Waals surface area contributed by atoms with Crippen LogP contribution in [0.4, 0.5) is 0 Å². The first-order chi connectivity index (χ1) is 8.18. The average Bonchev–Trinajstić information content (AvgIpc) is 2.54. The Labute approximate surface area is 105 Å². The van der Waals surface area contributed by atoms with Crippen LogP contribution in [0.25, 0.3) is 0 Å². The van der Waals surface area contributed by atoms with Gasteiger partial charge in [-0.05, 0) is 51.6 Å². The molecule has 3 atom stereocenters. The van der Waals surface area contributed by atoms with Crippen molar-refractivity contribution in [1.29, 1.82) is 0 Å². The Bertz CT molecular complexity index is 224. The predicted octanol–water partition coefficient (Wildman–Crippen LogP) is 1.74. The molecule has 1 saturated heterocycles. The molecule has 1 heterocycles. The monoisotopic (exact) mass is 240 g/mol. The summed E-state index contributed by atoms with van der Waals surface area (Å²) in [6.07, 6.45) is 8.29. The van der Waals surface area contributed by atoms with Gasteiger partial charge in [0.15, 0.2) is 0 Å². The average molecular weight is 240 g/mol. The number of rotatable bonds is 2. The summed E-state index contributed by atoms with van der Waals surface area (Å²) in [7, 11) is 0. The lowest BCUT2D eigenvalue weighted by atomic mass is 9.89. The SMILES string of the molecule is CC(N)C1CCN(C2CCCCCC2O)CC1. The van der Waals surface area contributed by atoms with Gasteiger partial charge in [-0.25, -0.2) is 0 Å². The van der Waals surface area contributed by atoms with Crippen molar-refractivity contribution >= 4 is 0 Å². The van der Waals surface area contributed by atoms with Crippen molar-refractivity contribution < 1.29 is 5.11 Å². The van der Waals surface area contributed by atoms with E-state index >= 15 is 0 Å². The fraction of sp³-hybridized carbons (Fsp3) is 1.00. The minimum absolute atomic E-state index is 0.0932. The first kappa shape index (κ1) is 13.3. The fourth-order valence-electron chi connectivity index (χ4n) is 3.47. The highest BCUT2D eigenvalue weighted by Crippen LogP contribution is 2.27. The highest BCUT2D eigenvalue weighted by atomic mass is 16.3. The van der Waals surface area contributed by atoms with E-state index < -0.39 is 0 Å². The van der Waals surface area contributed by atoms with E-state index in [4.69, 9.17) is 5.73 Å². The van der Waals surface area contributed by atoms with Crippen LogP contribution in [0.2, 0.25) is 0 Å². The molecule has 1 saturated carbocycles. The zero-order chi connectivity index (χ0) is 12.3. The second kappa shape index (κ2) is 6.17. The van der Waals surface area contributed by atoms with Gasteiger partial charge in [0.2, 0.25) is 0 Å². The van der Waals surface area contributed by atoms with Crippen molar-refractivity contribution in [3.8, 4) is 0 Å². The van der Waals surface area contributed by atoms with E-state index in [1.807, 2.05) is 0 Å². The van der Waals surface area contributed by atoms with E-state index in [2.05, 4.69) is 11.8 Å². The zero-order valence-electron chi connectivity index (χ0n) is 11.1. The van der Waals surface area contributed by atoms with Crippen LogP contribution in [0.5, 0.6) is 0 Å². The summed E-state index contributed by atoms with van der Waals surface area (Å²) in [6, 6.07) is 0.753. The quantitative estimate of drug-likeness (QED) is 0.723. The Hall–Kier alpha value is -0.120. The fourth-order valence-corrected chi connectivity index (χ4v) is 3.47. The number of piperidine rings is 1. The minimum atomic E-state index is -0.0932. The number of aliphatic hydroxyl groups is 1. The summed E-state index contributed by atoms with van der Waals surface area (Å²) in [4.78, 5) is 2.52. The minimum Gasteiger partial charge on any atom is -0.391 e. The maximum Gasteiger partial charge on any atom is 0.0695 e. The number of aliphatic hydroxyl groups excluding tert-OH is 1. The van der Waals surface area contributed by atoms with Gasteiger partial charge in [0.1, 0.15) is 0 Å². The zero-order valence-corrected chi connectivity index (χ0v) is 11.1. The number of likely N-dealkylation sites (tertiary alicyclic amines) is 1. The van der Waals surface area contributed by atoms with Gasteiger partial charge in [0, 0.05) is 12.1 Å². The lowest BCUT2D eigenvalue weighted by Crippen LogP contribution is -2.48. The predicted molar refractivity (Wildman–Crippen MR) is 70.8 cm³/mol. The third-order valence-electron chi connectivity index (χ3n) is 4.73. The molecule has 0 aromatic heterocycles. The summed E-state index contributed by atoms with van der Waals surface area (Å²) in [5.41, 5.74) is 5.98. The van der Waals surface area contributed by atoms with Gasteiger partial charge in [-0.3, -0.25) is 4.90 Å². The molecule has 0 aromatic rings. The Morgan fingerprint density at radius 1 is 1.06 bits per heavy atom. The topological polar surface area (TPSA) is 49.5 Å². The van der Waals surface area contributed by atoms with Crippen molar-refractivity contribution in [3.63, 3.8) is 0 Å². The molecule has 1 aliphatic carbocycles. The van der Waals surface area contributed by atoms with Gasteiger partial charge in [-0.1, -0.05) is 19.3 Å². The van der Waals surface area contributed by atoms with E-state index in [0.29, 0.717) is 18.0 Å². The van der Waals surface area contributed by atoms with Crippen LogP contribution in [0.1, 0.15) is 51.9 Å². The molecule has 2 fully saturated rings. The molecular formula is C14H28N2O. The molecule has 2 rings (SSSR count). The van der Waals surface area contributed by atoms with Crippen molar-refractivity contribution in [1.82, 2.24) is 4.90 Å². The Morgan fingerprint density at radius 3 is 2.35 bits per heavy atom. The highest BCUT2D eigenvalue weighted by molar-refractivity contribution is 4.86. The van der Waals surface area contributed by atoms with Crippen molar-refractivity contribution in [2.24, 2.45) is 11.7 Å². The third kappa shape index (κ3) is 3.43. The van der Waals surface area contributed by atoms with Crippen LogP contribution < -0.4 is 5.73 Å². The lowest BCUT2D eigenvalue weighted by Gasteiger charge is -2.40.